The summed E-state index contributed by atoms with van der Waals surface area (Å²) in [6.45, 7) is 6.95. The number of amides is 2. The summed E-state index contributed by atoms with van der Waals surface area (Å²) in [5, 5.41) is 4.28. The SMILES string of the molecule is CC(=O)N1CCN(Cc2cnn(C)c2C)CC(C(=O)N(C)C)C1. The number of aromatic nitrogens is 2. The van der Waals surface area contributed by atoms with Gasteiger partial charge in [-0.1, -0.05) is 0 Å². The molecule has 7 nitrogen and oxygen atoms in total. The molecule has 23 heavy (non-hydrogen) atoms. The van der Waals surface area contributed by atoms with Crippen LogP contribution in [-0.4, -0.2) is 76.6 Å². The number of hydrogen-bond donors (Lipinski definition) is 0. The number of aryl methyl sites for hydroxylation is 1. The molecule has 1 aromatic heterocycles. The Balaban J connectivity index is 2.15. The topological polar surface area (TPSA) is 61.7 Å². The molecule has 0 aromatic carbocycles. The Kier molecular flexibility index (Phi) is 5.41. The van der Waals surface area contributed by atoms with E-state index in [1.807, 2.05) is 24.9 Å². The highest BCUT2D eigenvalue weighted by Crippen LogP contribution is 2.16. The number of carbonyl (C=O) groups is 2. The van der Waals surface area contributed by atoms with E-state index in [1.54, 1.807) is 30.8 Å². The molecule has 7 heteroatoms. The molecule has 0 spiro atoms. The average Bonchev–Trinajstić information content (AvgIpc) is 2.71. The fraction of sp³-hybridized carbons (Fsp3) is 0.688. The van der Waals surface area contributed by atoms with Gasteiger partial charge in [-0.2, -0.15) is 5.10 Å². The molecule has 1 aromatic rings. The minimum atomic E-state index is -0.187. The smallest absolute Gasteiger partial charge is 0.228 e. The second-order valence-corrected chi connectivity index (χ2v) is 6.51. The van der Waals surface area contributed by atoms with Gasteiger partial charge in [-0.25, -0.2) is 0 Å². The molecule has 0 saturated carbocycles. The normalized spacial score (nSPS) is 19.5. The first kappa shape index (κ1) is 17.5. The molecule has 0 aliphatic carbocycles. The fourth-order valence-electron chi connectivity index (χ4n) is 2.97. The Hall–Kier alpha value is -1.89. The van der Waals surface area contributed by atoms with Crippen LogP contribution in [0.4, 0.5) is 0 Å². The van der Waals surface area contributed by atoms with Crippen LogP contribution >= 0.6 is 0 Å². The first-order valence-corrected chi connectivity index (χ1v) is 7.96. The van der Waals surface area contributed by atoms with Gasteiger partial charge in [0.1, 0.15) is 0 Å². The molecule has 1 fully saturated rings. The van der Waals surface area contributed by atoms with E-state index in [0.29, 0.717) is 19.6 Å². The van der Waals surface area contributed by atoms with E-state index in [0.717, 1.165) is 18.8 Å². The van der Waals surface area contributed by atoms with E-state index in [4.69, 9.17) is 0 Å². The third kappa shape index (κ3) is 4.10. The van der Waals surface area contributed by atoms with Crippen molar-refractivity contribution in [2.45, 2.75) is 20.4 Å². The Bertz CT molecular complexity index is 581. The van der Waals surface area contributed by atoms with Gasteiger partial charge < -0.3 is 9.80 Å². The van der Waals surface area contributed by atoms with Crippen molar-refractivity contribution in [3.05, 3.63) is 17.5 Å². The second kappa shape index (κ2) is 7.12. The molecular formula is C16H27N5O2. The highest BCUT2D eigenvalue weighted by Gasteiger charge is 2.30. The zero-order chi connectivity index (χ0) is 17.1. The van der Waals surface area contributed by atoms with E-state index in [1.165, 1.54) is 5.56 Å². The van der Waals surface area contributed by atoms with Crippen LogP contribution in [0.2, 0.25) is 0 Å². The standard InChI is InChI=1S/C16H27N5O2/c1-12-14(8-17-19(12)5)9-20-6-7-21(13(2)22)11-15(10-20)16(23)18(3)4/h8,15H,6-7,9-11H2,1-5H3. The lowest BCUT2D eigenvalue weighted by atomic mass is 10.1. The van der Waals surface area contributed by atoms with Crippen LogP contribution in [0.5, 0.6) is 0 Å². The molecule has 2 amide bonds. The van der Waals surface area contributed by atoms with Crippen molar-refractivity contribution in [2.75, 3.05) is 40.3 Å². The van der Waals surface area contributed by atoms with E-state index in [2.05, 4.69) is 10.00 Å². The number of hydrogen-bond acceptors (Lipinski definition) is 4. The second-order valence-electron chi connectivity index (χ2n) is 6.51. The van der Waals surface area contributed by atoms with Crippen LogP contribution in [0.1, 0.15) is 18.2 Å². The van der Waals surface area contributed by atoms with E-state index >= 15 is 0 Å². The molecule has 1 atom stereocenters. The maximum Gasteiger partial charge on any atom is 0.228 e. The summed E-state index contributed by atoms with van der Waals surface area (Å²) < 4.78 is 1.86. The van der Waals surface area contributed by atoms with Gasteiger partial charge in [0.25, 0.3) is 0 Å². The molecule has 1 saturated heterocycles. The van der Waals surface area contributed by atoms with Gasteiger partial charge in [-0.15, -0.1) is 0 Å². The van der Waals surface area contributed by atoms with Crippen LogP contribution < -0.4 is 0 Å². The van der Waals surface area contributed by atoms with Crippen molar-refractivity contribution in [2.24, 2.45) is 13.0 Å². The van der Waals surface area contributed by atoms with Gasteiger partial charge in [0.15, 0.2) is 0 Å². The lowest BCUT2D eigenvalue weighted by Gasteiger charge is -2.25. The van der Waals surface area contributed by atoms with E-state index in [-0.39, 0.29) is 17.7 Å². The summed E-state index contributed by atoms with van der Waals surface area (Å²) in [7, 11) is 5.46. The maximum absolute atomic E-state index is 12.4. The highest BCUT2D eigenvalue weighted by molar-refractivity contribution is 5.80. The van der Waals surface area contributed by atoms with Gasteiger partial charge in [0.2, 0.25) is 11.8 Å². The van der Waals surface area contributed by atoms with Gasteiger partial charge in [-0.05, 0) is 6.92 Å². The molecule has 0 N–H and O–H groups in total. The van der Waals surface area contributed by atoms with Gasteiger partial charge in [0, 0.05) is 72.0 Å². The number of carbonyl (C=O) groups excluding carboxylic acids is 2. The van der Waals surface area contributed by atoms with Crippen LogP contribution in [0.25, 0.3) is 0 Å². The average molecular weight is 321 g/mol. The molecule has 0 bridgehead atoms. The third-order valence-corrected chi connectivity index (χ3v) is 4.57. The van der Waals surface area contributed by atoms with Gasteiger partial charge in [-0.3, -0.25) is 19.2 Å². The van der Waals surface area contributed by atoms with E-state index < -0.39 is 0 Å². The lowest BCUT2D eigenvalue weighted by Crippen LogP contribution is -2.41. The fourth-order valence-corrected chi connectivity index (χ4v) is 2.97. The molecule has 0 radical (unpaired) electrons. The number of rotatable bonds is 3. The minimum absolute atomic E-state index is 0.0287. The van der Waals surface area contributed by atoms with Crippen molar-refractivity contribution in [3.63, 3.8) is 0 Å². The quantitative estimate of drug-likeness (QED) is 0.792. The van der Waals surface area contributed by atoms with Crippen molar-refractivity contribution < 1.29 is 9.59 Å². The molecule has 1 aliphatic rings. The van der Waals surface area contributed by atoms with Crippen LogP contribution in [0, 0.1) is 12.8 Å². The van der Waals surface area contributed by atoms with Crippen molar-refractivity contribution in [3.8, 4) is 0 Å². The van der Waals surface area contributed by atoms with E-state index in [9.17, 15) is 9.59 Å². The third-order valence-electron chi connectivity index (χ3n) is 4.57. The molecular weight excluding hydrogens is 294 g/mol. The molecule has 2 heterocycles. The van der Waals surface area contributed by atoms with Crippen LogP contribution in [0.15, 0.2) is 6.20 Å². The largest absolute Gasteiger partial charge is 0.348 e. The molecule has 2 rings (SSSR count). The highest BCUT2D eigenvalue weighted by atomic mass is 16.2. The summed E-state index contributed by atoms with van der Waals surface area (Å²) in [6, 6.07) is 0. The van der Waals surface area contributed by atoms with Crippen LogP contribution in [0.3, 0.4) is 0 Å². The first-order chi connectivity index (χ1) is 10.8. The maximum atomic E-state index is 12.4. The summed E-state index contributed by atoms with van der Waals surface area (Å²) in [5.74, 6) is -0.0830. The molecule has 1 unspecified atom stereocenters. The summed E-state index contributed by atoms with van der Waals surface area (Å²) >= 11 is 0. The Morgan fingerprint density at radius 2 is 2.00 bits per heavy atom. The van der Waals surface area contributed by atoms with Gasteiger partial charge >= 0.3 is 0 Å². The van der Waals surface area contributed by atoms with Crippen molar-refractivity contribution in [1.29, 1.82) is 0 Å². The first-order valence-electron chi connectivity index (χ1n) is 7.96. The van der Waals surface area contributed by atoms with Crippen molar-refractivity contribution >= 4 is 11.8 Å². The monoisotopic (exact) mass is 321 g/mol. The summed E-state index contributed by atoms with van der Waals surface area (Å²) in [6.07, 6.45) is 1.88. The summed E-state index contributed by atoms with van der Waals surface area (Å²) in [4.78, 5) is 29.9. The lowest BCUT2D eigenvalue weighted by molar-refractivity contribution is -0.135. The van der Waals surface area contributed by atoms with Crippen LogP contribution in [-0.2, 0) is 23.2 Å². The predicted molar refractivity (Wildman–Crippen MR) is 87.7 cm³/mol. The Morgan fingerprint density at radius 1 is 1.30 bits per heavy atom. The minimum Gasteiger partial charge on any atom is -0.348 e. The Morgan fingerprint density at radius 3 is 2.52 bits per heavy atom. The zero-order valence-electron chi connectivity index (χ0n) is 14.7. The van der Waals surface area contributed by atoms with Crippen molar-refractivity contribution in [1.82, 2.24) is 24.5 Å². The molecule has 128 valence electrons. The van der Waals surface area contributed by atoms with Gasteiger partial charge in [0.05, 0.1) is 12.1 Å². The zero-order valence-corrected chi connectivity index (χ0v) is 14.7. The Labute approximate surface area is 137 Å². The number of nitrogens with zero attached hydrogens (tertiary/aromatic N) is 5. The molecule has 1 aliphatic heterocycles. The summed E-state index contributed by atoms with van der Waals surface area (Å²) in [5.41, 5.74) is 2.30. The predicted octanol–water partition coefficient (Wildman–Crippen LogP) is 0.0970.